The van der Waals surface area contributed by atoms with E-state index in [1.807, 2.05) is 30.3 Å². The minimum absolute atomic E-state index is 0.0120. The smallest absolute Gasteiger partial charge is 0.326 e. The number of nitrogens with zero attached hydrogens (tertiary/aromatic N) is 2. The summed E-state index contributed by atoms with van der Waals surface area (Å²) in [4.78, 5) is 62.8. The Bertz CT molecular complexity index is 1430. The molecule has 45 heavy (non-hydrogen) atoms. The van der Waals surface area contributed by atoms with Gasteiger partial charge >= 0.3 is 5.97 Å². The summed E-state index contributed by atoms with van der Waals surface area (Å²) in [6.07, 6.45) is 3.41. The van der Waals surface area contributed by atoms with E-state index in [-0.39, 0.29) is 43.9 Å². The number of carboxylic acid groups (broad SMARTS) is 1. The van der Waals surface area contributed by atoms with Gasteiger partial charge in [0.15, 0.2) is 5.96 Å². The van der Waals surface area contributed by atoms with Gasteiger partial charge in [0.2, 0.25) is 17.7 Å². The van der Waals surface area contributed by atoms with Crippen molar-refractivity contribution in [2.75, 3.05) is 6.54 Å². The summed E-state index contributed by atoms with van der Waals surface area (Å²) < 4.78 is 0. The summed E-state index contributed by atoms with van der Waals surface area (Å²) in [5, 5.41) is 27.1. The lowest BCUT2D eigenvalue weighted by atomic mass is 10.0. The largest absolute Gasteiger partial charge is 0.508 e. The molecule has 0 aliphatic carbocycles. The Morgan fingerprint density at radius 3 is 2.07 bits per heavy atom. The van der Waals surface area contributed by atoms with Crippen LogP contribution in [0, 0.1) is 0 Å². The molecule has 1 heterocycles. The van der Waals surface area contributed by atoms with Gasteiger partial charge in [0, 0.05) is 31.3 Å². The van der Waals surface area contributed by atoms with Crippen molar-refractivity contribution in [2.24, 2.45) is 22.2 Å². The number of aromatic nitrogens is 2. The van der Waals surface area contributed by atoms with Crippen LogP contribution in [0.4, 0.5) is 0 Å². The summed E-state index contributed by atoms with van der Waals surface area (Å²) in [6, 6.07) is 10.4. The fourth-order valence-corrected chi connectivity index (χ4v) is 4.45. The molecule has 0 aliphatic heterocycles. The fraction of sp³-hybridized carbons (Fsp3) is 0.333. The van der Waals surface area contributed by atoms with Crippen LogP contribution in [0.15, 0.2) is 72.1 Å². The Labute approximate surface area is 259 Å². The van der Waals surface area contributed by atoms with E-state index in [1.165, 1.54) is 24.7 Å². The third kappa shape index (κ3) is 11.6. The van der Waals surface area contributed by atoms with Crippen molar-refractivity contribution in [1.29, 1.82) is 0 Å². The van der Waals surface area contributed by atoms with E-state index in [0.29, 0.717) is 17.7 Å². The minimum atomic E-state index is -1.34. The second kappa shape index (κ2) is 17.0. The number of amides is 3. The van der Waals surface area contributed by atoms with Crippen molar-refractivity contribution in [3.8, 4) is 5.75 Å². The molecule has 0 bridgehead atoms. The van der Waals surface area contributed by atoms with Gasteiger partial charge in [0.05, 0.1) is 12.4 Å². The molecule has 15 nitrogen and oxygen atoms in total. The molecule has 2 aromatic carbocycles. The first-order valence-corrected chi connectivity index (χ1v) is 14.3. The molecule has 3 aromatic rings. The number of aliphatic carboxylic acids is 1. The van der Waals surface area contributed by atoms with E-state index in [1.54, 1.807) is 12.1 Å². The number of hydrogen-bond donors (Lipinski definition) is 9. The van der Waals surface area contributed by atoms with Crippen LogP contribution in [0.25, 0.3) is 0 Å². The molecule has 1 aromatic heterocycles. The molecule has 4 unspecified atom stereocenters. The van der Waals surface area contributed by atoms with Gasteiger partial charge in [-0.3, -0.25) is 19.4 Å². The predicted octanol–water partition coefficient (Wildman–Crippen LogP) is -0.937. The second-order valence-corrected chi connectivity index (χ2v) is 10.4. The van der Waals surface area contributed by atoms with Crippen molar-refractivity contribution in [3.05, 3.63) is 83.9 Å². The lowest BCUT2D eigenvalue weighted by molar-refractivity contribution is -0.142. The molecule has 0 saturated heterocycles. The molecule has 12 N–H and O–H groups in total. The lowest BCUT2D eigenvalue weighted by Crippen LogP contribution is -2.58. The maximum absolute atomic E-state index is 13.6. The number of carboxylic acids is 1. The van der Waals surface area contributed by atoms with Gasteiger partial charge in [-0.05, 0) is 42.5 Å². The fourth-order valence-electron chi connectivity index (χ4n) is 4.45. The number of phenols is 1. The summed E-state index contributed by atoms with van der Waals surface area (Å²) in [7, 11) is 0. The number of guanidine groups is 1. The number of carbonyl (C=O) groups is 4. The van der Waals surface area contributed by atoms with E-state index in [2.05, 4.69) is 30.9 Å². The van der Waals surface area contributed by atoms with E-state index in [9.17, 15) is 29.4 Å². The van der Waals surface area contributed by atoms with Crippen molar-refractivity contribution in [2.45, 2.75) is 56.3 Å². The quantitative estimate of drug-likeness (QED) is 0.0507. The van der Waals surface area contributed by atoms with Crippen molar-refractivity contribution in [3.63, 3.8) is 0 Å². The molecule has 0 spiro atoms. The lowest BCUT2D eigenvalue weighted by Gasteiger charge is -2.25. The molecule has 3 amide bonds. The number of benzene rings is 2. The number of H-pyrrole nitrogens is 1. The summed E-state index contributed by atoms with van der Waals surface area (Å²) in [5.74, 6) is -3.43. The molecule has 0 radical (unpaired) electrons. The zero-order valence-electron chi connectivity index (χ0n) is 24.6. The van der Waals surface area contributed by atoms with E-state index < -0.39 is 47.9 Å². The molecule has 0 aliphatic rings. The van der Waals surface area contributed by atoms with Gasteiger partial charge in [-0.2, -0.15) is 0 Å². The molecule has 4 atom stereocenters. The maximum atomic E-state index is 13.6. The number of aliphatic imine (C=N–C) groups is 1. The second-order valence-electron chi connectivity index (χ2n) is 10.4. The first-order valence-electron chi connectivity index (χ1n) is 14.3. The monoisotopic (exact) mass is 621 g/mol. The van der Waals surface area contributed by atoms with Crippen LogP contribution >= 0.6 is 0 Å². The minimum Gasteiger partial charge on any atom is -0.508 e. The highest BCUT2D eigenvalue weighted by molar-refractivity contribution is 5.94. The van der Waals surface area contributed by atoms with Crippen LogP contribution in [0.5, 0.6) is 5.75 Å². The SMILES string of the molecule is NC(N)=NCCCC(NC(=O)C(N)Cc1ccccc1)C(=O)NC(Cc1cnc[nH]1)C(=O)NC(Cc1ccc(O)cc1)C(=O)O. The highest BCUT2D eigenvalue weighted by Gasteiger charge is 2.31. The van der Waals surface area contributed by atoms with Gasteiger partial charge < -0.3 is 48.3 Å². The zero-order valence-corrected chi connectivity index (χ0v) is 24.6. The topological polar surface area (TPSA) is 264 Å². The summed E-state index contributed by atoms with van der Waals surface area (Å²) in [5.41, 5.74) is 18.8. The Kier molecular flexibility index (Phi) is 12.9. The summed E-state index contributed by atoms with van der Waals surface area (Å²) >= 11 is 0. The number of aromatic hydroxyl groups is 1. The molecule has 240 valence electrons. The van der Waals surface area contributed by atoms with Crippen LogP contribution in [0.3, 0.4) is 0 Å². The van der Waals surface area contributed by atoms with Gasteiger partial charge in [-0.15, -0.1) is 0 Å². The van der Waals surface area contributed by atoms with E-state index in [0.717, 1.165) is 5.56 Å². The average Bonchev–Trinajstić information content (AvgIpc) is 3.52. The highest BCUT2D eigenvalue weighted by Crippen LogP contribution is 2.12. The van der Waals surface area contributed by atoms with Crippen LogP contribution in [-0.4, -0.2) is 80.5 Å². The Morgan fingerprint density at radius 2 is 1.44 bits per heavy atom. The normalized spacial score (nSPS) is 13.4. The van der Waals surface area contributed by atoms with Crippen LogP contribution in [-0.2, 0) is 38.4 Å². The van der Waals surface area contributed by atoms with Gasteiger partial charge in [0.25, 0.3) is 0 Å². The van der Waals surface area contributed by atoms with E-state index in [4.69, 9.17) is 17.2 Å². The summed E-state index contributed by atoms with van der Waals surface area (Å²) in [6.45, 7) is 0.188. The van der Waals surface area contributed by atoms with E-state index >= 15 is 0 Å². The molecular formula is C30H39N9O6. The molecule has 0 saturated carbocycles. The van der Waals surface area contributed by atoms with Crippen LogP contribution < -0.4 is 33.2 Å². The van der Waals surface area contributed by atoms with Gasteiger partial charge in [0.1, 0.15) is 23.9 Å². The first-order chi connectivity index (χ1) is 21.5. The standard InChI is InChI=1S/C30H39N9O6/c31-22(13-18-5-2-1-3-6-18)26(41)37-23(7-4-12-35-30(32)33)27(42)38-24(15-20-16-34-17-36-20)28(43)39-25(29(44)45)14-19-8-10-21(40)11-9-19/h1-3,5-6,8-11,16-17,22-25,40H,4,7,12-15,31H2,(H,34,36)(H,37,41)(H,38,42)(H,39,43)(H,44,45)(H4,32,33,35). The van der Waals surface area contributed by atoms with Crippen molar-refractivity contribution < 1.29 is 29.4 Å². The number of hydrogen-bond acceptors (Lipinski definition) is 8. The Balaban J connectivity index is 1.76. The maximum Gasteiger partial charge on any atom is 0.326 e. The number of carbonyl (C=O) groups excluding carboxylic acids is 3. The number of phenolic OH excluding ortho intramolecular Hbond substituents is 1. The number of nitrogens with two attached hydrogens (primary N) is 3. The first kappa shape index (κ1) is 34.1. The molecule has 15 heteroatoms. The van der Waals surface area contributed by atoms with Crippen LogP contribution in [0.1, 0.15) is 29.7 Å². The van der Waals surface area contributed by atoms with Crippen molar-refractivity contribution in [1.82, 2.24) is 25.9 Å². The molecular weight excluding hydrogens is 582 g/mol. The van der Waals surface area contributed by atoms with Gasteiger partial charge in [-0.1, -0.05) is 42.5 Å². The highest BCUT2D eigenvalue weighted by atomic mass is 16.4. The zero-order chi connectivity index (χ0) is 32.8. The van der Waals surface area contributed by atoms with Crippen molar-refractivity contribution >= 4 is 29.7 Å². The number of aromatic amines is 1. The number of rotatable bonds is 17. The third-order valence-electron chi connectivity index (χ3n) is 6.82. The Hall–Kier alpha value is -5.44. The number of imidazole rings is 1. The predicted molar refractivity (Wildman–Crippen MR) is 166 cm³/mol. The Morgan fingerprint density at radius 1 is 0.822 bits per heavy atom. The van der Waals surface area contributed by atoms with Gasteiger partial charge in [-0.25, -0.2) is 9.78 Å². The average molecular weight is 622 g/mol. The molecule has 0 fully saturated rings. The number of nitrogens with one attached hydrogen (secondary N) is 4. The van der Waals surface area contributed by atoms with Crippen LogP contribution in [0.2, 0.25) is 0 Å². The third-order valence-corrected chi connectivity index (χ3v) is 6.82. The molecule has 3 rings (SSSR count).